The van der Waals surface area contributed by atoms with Gasteiger partial charge in [-0.1, -0.05) is 0 Å². The maximum Gasteiger partial charge on any atom is 0.279 e. The summed E-state index contributed by atoms with van der Waals surface area (Å²) in [5.41, 5.74) is 6.79. The van der Waals surface area contributed by atoms with Gasteiger partial charge in [0.15, 0.2) is 0 Å². The molecule has 2 heterocycles. The molecule has 0 aromatic carbocycles. The molecule has 2 rings (SSSR count). The number of carbonyl (C=O) groups is 1. The highest BCUT2D eigenvalue weighted by molar-refractivity contribution is 9.10. The first-order valence-electron chi connectivity index (χ1n) is 4.79. The highest BCUT2D eigenvalue weighted by Gasteiger charge is 2.20. The first-order valence-corrected chi connectivity index (χ1v) is 5.58. The number of aromatic nitrogens is 2. The zero-order chi connectivity index (χ0) is 12.6. The fourth-order valence-electron chi connectivity index (χ4n) is 1.56. The topological polar surface area (TPSA) is 72.9 Å². The molecular formula is C10H11BrN4O2. The van der Waals surface area contributed by atoms with Crippen molar-refractivity contribution in [1.82, 2.24) is 14.4 Å². The van der Waals surface area contributed by atoms with Crippen LogP contribution in [0.1, 0.15) is 10.4 Å². The second-order valence-electron chi connectivity index (χ2n) is 3.40. The number of fused-ring (bicyclic) bond motifs is 1. The molecule has 17 heavy (non-hydrogen) atoms. The number of amides is 1. The van der Waals surface area contributed by atoms with Gasteiger partial charge in [0, 0.05) is 19.4 Å². The van der Waals surface area contributed by atoms with Gasteiger partial charge in [-0.25, -0.2) is 10.0 Å². The molecule has 6 nitrogen and oxygen atoms in total. The van der Waals surface area contributed by atoms with E-state index in [1.807, 2.05) is 0 Å². The van der Waals surface area contributed by atoms with E-state index < -0.39 is 0 Å². The number of hydroxylamine groups is 2. The van der Waals surface area contributed by atoms with Crippen LogP contribution in [0.25, 0.3) is 5.52 Å². The Morgan fingerprint density at radius 2 is 2.35 bits per heavy atom. The fourth-order valence-corrected chi connectivity index (χ4v) is 2.08. The Hall–Kier alpha value is -1.60. The minimum Gasteiger partial charge on any atom is -0.382 e. The first-order chi connectivity index (χ1) is 8.06. The number of nitrogen functional groups attached to an aromatic ring is 1. The predicted molar refractivity (Wildman–Crippen MR) is 66.4 cm³/mol. The number of rotatable bonds is 2. The van der Waals surface area contributed by atoms with Gasteiger partial charge in [-0.05, 0) is 22.0 Å². The summed E-state index contributed by atoms with van der Waals surface area (Å²) in [7, 11) is 2.96. The van der Waals surface area contributed by atoms with Gasteiger partial charge in [-0.2, -0.15) is 0 Å². The molecule has 0 saturated carbocycles. The predicted octanol–water partition coefficient (Wildman–Crippen LogP) is 1.31. The average molecular weight is 299 g/mol. The SMILES string of the molecule is CON(C)C(=O)c1cc(Br)n2ccnc(N)c12. The third-order valence-electron chi connectivity index (χ3n) is 2.45. The molecule has 0 aliphatic rings. The van der Waals surface area contributed by atoms with E-state index in [0.717, 1.165) is 9.67 Å². The van der Waals surface area contributed by atoms with E-state index in [-0.39, 0.29) is 5.91 Å². The second kappa shape index (κ2) is 4.34. The van der Waals surface area contributed by atoms with Gasteiger partial charge < -0.3 is 10.1 Å². The van der Waals surface area contributed by atoms with Crippen molar-refractivity contribution in [3.05, 3.63) is 28.6 Å². The molecule has 1 amide bonds. The van der Waals surface area contributed by atoms with Crippen molar-refractivity contribution in [2.75, 3.05) is 19.9 Å². The molecule has 0 aliphatic carbocycles. The summed E-state index contributed by atoms with van der Waals surface area (Å²) in [6, 6.07) is 1.69. The minimum absolute atomic E-state index is 0.282. The van der Waals surface area contributed by atoms with Crippen molar-refractivity contribution in [2.24, 2.45) is 0 Å². The van der Waals surface area contributed by atoms with E-state index in [0.29, 0.717) is 16.9 Å². The lowest BCUT2D eigenvalue weighted by atomic mass is 10.2. The third kappa shape index (κ3) is 1.87. The Morgan fingerprint density at radius 3 is 3.00 bits per heavy atom. The van der Waals surface area contributed by atoms with Crippen LogP contribution < -0.4 is 5.73 Å². The van der Waals surface area contributed by atoms with Gasteiger partial charge in [-0.3, -0.25) is 9.63 Å². The molecule has 0 saturated heterocycles. The largest absolute Gasteiger partial charge is 0.382 e. The van der Waals surface area contributed by atoms with Crippen molar-refractivity contribution in [3.63, 3.8) is 0 Å². The lowest BCUT2D eigenvalue weighted by molar-refractivity contribution is -0.0755. The van der Waals surface area contributed by atoms with Gasteiger partial charge in [0.2, 0.25) is 0 Å². The Morgan fingerprint density at radius 1 is 1.65 bits per heavy atom. The number of nitrogens with two attached hydrogens (primary N) is 1. The monoisotopic (exact) mass is 298 g/mol. The number of hydrogen-bond donors (Lipinski definition) is 1. The second-order valence-corrected chi connectivity index (χ2v) is 4.21. The molecule has 0 atom stereocenters. The van der Waals surface area contributed by atoms with Gasteiger partial charge in [0.05, 0.1) is 17.3 Å². The summed E-state index contributed by atoms with van der Waals surface area (Å²) in [6.07, 6.45) is 3.29. The molecule has 7 heteroatoms. The van der Waals surface area contributed by atoms with E-state index in [2.05, 4.69) is 20.9 Å². The van der Waals surface area contributed by atoms with Crippen molar-refractivity contribution >= 4 is 33.2 Å². The van der Waals surface area contributed by atoms with E-state index in [1.54, 1.807) is 22.9 Å². The summed E-state index contributed by atoms with van der Waals surface area (Å²) in [4.78, 5) is 20.9. The van der Waals surface area contributed by atoms with Crippen molar-refractivity contribution < 1.29 is 9.63 Å². The normalized spacial score (nSPS) is 10.8. The third-order valence-corrected chi connectivity index (χ3v) is 3.06. The van der Waals surface area contributed by atoms with Crippen LogP contribution >= 0.6 is 15.9 Å². The summed E-state index contributed by atoms with van der Waals surface area (Å²) < 4.78 is 2.48. The molecule has 0 radical (unpaired) electrons. The van der Waals surface area contributed by atoms with Gasteiger partial charge >= 0.3 is 0 Å². The molecule has 2 aromatic heterocycles. The van der Waals surface area contributed by atoms with E-state index >= 15 is 0 Å². The standard InChI is InChI=1S/C10H11BrN4O2/c1-14(17-2)10(16)6-5-7(11)15-4-3-13-9(12)8(6)15/h3-5H,1-2H3,(H2,12,13). The number of halogens is 1. The smallest absolute Gasteiger partial charge is 0.279 e. The molecule has 2 aromatic rings. The highest BCUT2D eigenvalue weighted by Crippen LogP contribution is 2.25. The summed E-state index contributed by atoms with van der Waals surface area (Å²) in [6.45, 7) is 0. The van der Waals surface area contributed by atoms with Crippen molar-refractivity contribution in [3.8, 4) is 0 Å². The average Bonchev–Trinajstić information content (AvgIpc) is 2.66. The molecule has 0 aliphatic heterocycles. The minimum atomic E-state index is -0.282. The summed E-state index contributed by atoms with van der Waals surface area (Å²) in [5, 5.41) is 1.13. The fraction of sp³-hybridized carbons (Fsp3) is 0.200. The molecule has 0 spiro atoms. The van der Waals surface area contributed by atoms with Crippen LogP contribution in [0.2, 0.25) is 0 Å². The Labute approximate surface area is 106 Å². The molecule has 2 N–H and O–H groups in total. The molecule has 90 valence electrons. The zero-order valence-electron chi connectivity index (χ0n) is 9.35. The van der Waals surface area contributed by atoms with Gasteiger partial charge in [0.1, 0.15) is 11.3 Å². The lowest BCUT2D eigenvalue weighted by Gasteiger charge is -2.12. The zero-order valence-corrected chi connectivity index (χ0v) is 10.9. The number of hydrogen-bond acceptors (Lipinski definition) is 4. The van der Waals surface area contributed by atoms with Crippen molar-refractivity contribution in [1.29, 1.82) is 0 Å². The van der Waals surface area contributed by atoms with Gasteiger partial charge in [0.25, 0.3) is 5.91 Å². The summed E-state index contributed by atoms with van der Waals surface area (Å²) in [5.74, 6) is 0.0152. The van der Waals surface area contributed by atoms with E-state index in [4.69, 9.17) is 10.6 Å². The van der Waals surface area contributed by atoms with Crippen LogP contribution in [0.3, 0.4) is 0 Å². The quantitative estimate of drug-likeness (QED) is 0.849. The van der Waals surface area contributed by atoms with Gasteiger partial charge in [-0.15, -0.1) is 0 Å². The number of anilines is 1. The van der Waals surface area contributed by atoms with E-state index in [1.165, 1.54) is 14.2 Å². The van der Waals surface area contributed by atoms with Crippen LogP contribution in [-0.2, 0) is 4.84 Å². The van der Waals surface area contributed by atoms with Crippen LogP contribution in [0.15, 0.2) is 23.1 Å². The van der Waals surface area contributed by atoms with Crippen LogP contribution in [0.4, 0.5) is 5.82 Å². The van der Waals surface area contributed by atoms with Crippen LogP contribution in [0.5, 0.6) is 0 Å². The Bertz CT molecular complexity index is 581. The molecule has 0 bridgehead atoms. The molecule has 0 fully saturated rings. The van der Waals surface area contributed by atoms with Crippen LogP contribution in [0, 0.1) is 0 Å². The number of carbonyl (C=O) groups excluding carboxylic acids is 1. The Kier molecular flexibility index (Phi) is 3.03. The molecule has 0 unspecified atom stereocenters. The Balaban J connectivity index is 2.66. The molecular weight excluding hydrogens is 288 g/mol. The number of nitrogens with zero attached hydrogens (tertiary/aromatic N) is 3. The van der Waals surface area contributed by atoms with Crippen LogP contribution in [-0.4, -0.2) is 34.5 Å². The van der Waals surface area contributed by atoms with E-state index in [9.17, 15) is 4.79 Å². The maximum absolute atomic E-state index is 12.0. The summed E-state index contributed by atoms with van der Waals surface area (Å²) >= 11 is 3.36. The first kappa shape index (κ1) is 11.9. The lowest BCUT2D eigenvalue weighted by Crippen LogP contribution is -2.25. The maximum atomic E-state index is 12.0. The highest BCUT2D eigenvalue weighted by atomic mass is 79.9. The van der Waals surface area contributed by atoms with Crippen molar-refractivity contribution in [2.45, 2.75) is 0 Å².